The summed E-state index contributed by atoms with van der Waals surface area (Å²) in [5, 5.41) is 0. The molecule has 144 valence electrons. The molecule has 2 aromatic rings. The van der Waals surface area contributed by atoms with Crippen molar-refractivity contribution in [3.05, 3.63) is 59.4 Å². The molecule has 0 spiro atoms. The van der Waals surface area contributed by atoms with Crippen LogP contribution < -0.4 is 0 Å². The zero-order valence-electron chi connectivity index (χ0n) is 15.9. The van der Waals surface area contributed by atoms with Crippen molar-refractivity contribution < 1.29 is 13.2 Å². The maximum atomic E-state index is 12.9. The Hall–Kier alpha value is -2.25. The third-order valence-electron chi connectivity index (χ3n) is 4.87. The van der Waals surface area contributed by atoms with Gasteiger partial charge in [-0.25, -0.2) is 8.42 Å². The van der Waals surface area contributed by atoms with Crippen molar-refractivity contribution in [2.24, 2.45) is 0 Å². The van der Waals surface area contributed by atoms with Gasteiger partial charge in [-0.05, 0) is 42.7 Å². The summed E-state index contributed by atoms with van der Waals surface area (Å²) in [6.45, 7) is 7.34. The predicted molar refractivity (Wildman–Crippen MR) is 104 cm³/mol. The number of nitrogens with zero attached hydrogens (tertiary/aromatic N) is 3. The Kier molecular flexibility index (Phi) is 5.62. The minimum absolute atomic E-state index is 0.110. The fraction of sp³-hybridized carbons (Fsp3) is 0.400. The lowest BCUT2D eigenvalue weighted by molar-refractivity contribution is 0.0697. The Labute approximate surface area is 160 Å². The van der Waals surface area contributed by atoms with Gasteiger partial charge < -0.3 is 4.90 Å². The summed E-state index contributed by atoms with van der Waals surface area (Å²) in [5.74, 6) is 0.244. The van der Waals surface area contributed by atoms with Crippen LogP contribution in [-0.2, 0) is 10.0 Å². The summed E-state index contributed by atoms with van der Waals surface area (Å²) in [6, 6.07) is 10.6. The van der Waals surface area contributed by atoms with Crippen molar-refractivity contribution >= 4 is 15.9 Å². The van der Waals surface area contributed by atoms with Gasteiger partial charge in [0, 0.05) is 38.1 Å². The molecule has 1 aromatic heterocycles. The topological polar surface area (TPSA) is 70.6 Å². The minimum atomic E-state index is -3.54. The van der Waals surface area contributed by atoms with Crippen LogP contribution in [0.25, 0.3) is 0 Å². The number of aryl methyl sites for hydroxylation is 1. The predicted octanol–water partition coefficient (Wildman–Crippen LogP) is 2.66. The normalized spacial score (nSPS) is 15.9. The molecule has 1 aromatic carbocycles. The fourth-order valence-corrected chi connectivity index (χ4v) is 4.50. The smallest absolute Gasteiger partial charge is 0.255 e. The van der Waals surface area contributed by atoms with E-state index in [4.69, 9.17) is 0 Å². The number of pyridine rings is 1. The molecule has 1 fully saturated rings. The number of hydrogen-bond donors (Lipinski definition) is 0. The highest BCUT2D eigenvalue weighted by Crippen LogP contribution is 2.21. The third-order valence-corrected chi connectivity index (χ3v) is 6.78. The first-order chi connectivity index (χ1) is 12.8. The lowest BCUT2D eigenvalue weighted by Gasteiger charge is -2.34. The van der Waals surface area contributed by atoms with Gasteiger partial charge in [0.05, 0.1) is 10.5 Å². The van der Waals surface area contributed by atoms with E-state index in [2.05, 4.69) is 18.8 Å². The van der Waals surface area contributed by atoms with E-state index in [1.165, 1.54) is 4.31 Å². The quantitative estimate of drug-likeness (QED) is 0.809. The van der Waals surface area contributed by atoms with Crippen molar-refractivity contribution in [1.82, 2.24) is 14.2 Å². The Morgan fingerprint density at radius 1 is 1.00 bits per heavy atom. The number of amides is 1. The first-order valence-electron chi connectivity index (χ1n) is 9.11. The number of carbonyl (C=O) groups excluding carboxylic acids is 1. The lowest BCUT2D eigenvalue weighted by atomic mass is 10.0. The van der Waals surface area contributed by atoms with Crippen LogP contribution in [0.5, 0.6) is 0 Å². The maximum absolute atomic E-state index is 12.9. The third kappa shape index (κ3) is 4.20. The van der Waals surface area contributed by atoms with Crippen LogP contribution in [0.3, 0.4) is 0 Å². The molecule has 1 saturated heterocycles. The van der Waals surface area contributed by atoms with Crippen LogP contribution in [0, 0.1) is 6.92 Å². The number of piperazine rings is 1. The molecule has 3 rings (SSSR count). The summed E-state index contributed by atoms with van der Waals surface area (Å²) in [6.07, 6.45) is 1.57. The number of carbonyl (C=O) groups is 1. The molecular weight excluding hydrogens is 362 g/mol. The molecule has 1 aliphatic rings. The Morgan fingerprint density at radius 3 is 2.15 bits per heavy atom. The first-order valence-corrected chi connectivity index (χ1v) is 10.5. The molecule has 0 radical (unpaired) electrons. The average Bonchev–Trinajstić information content (AvgIpc) is 2.68. The molecule has 0 bridgehead atoms. The van der Waals surface area contributed by atoms with Gasteiger partial charge in [-0.3, -0.25) is 9.78 Å². The van der Waals surface area contributed by atoms with Crippen LogP contribution in [0.1, 0.15) is 41.4 Å². The number of sulfonamides is 1. The van der Waals surface area contributed by atoms with E-state index >= 15 is 0 Å². The lowest BCUT2D eigenvalue weighted by Crippen LogP contribution is -2.50. The summed E-state index contributed by atoms with van der Waals surface area (Å²) in [7, 11) is -3.54. The van der Waals surface area contributed by atoms with Gasteiger partial charge in [0.15, 0.2) is 0 Å². The van der Waals surface area contributed by atoms with Crippen LogP contribution >= 0.6 is 0 Å². The number of rotatable bonds is 4. The van der Waals surface area contributed by atoms with E-state index in [0.29, 0.717) is 42.6 Å². The monoisotopic (exact) mass is 387 g/mol. The Morgan fingerprint density at radius 2 is 1.63 bits per heavy atom. The van der Waals surface area contributed by atoms with Gasteiger partial charge in [-0.1, -0.05) is 26.0 Å². The molecule has 1 aliphatic heterocycles. The number of benzene rings is 1. The number of hydrogen-bond acceptors (Lipinski definition) is 4. The number of aromatic nitrogens is 1. The van der Waals surface area contributed by atoms with Crippen molar-refractivity contribution in [1.29, 1.82) is 0 Å². The van der Waals surface area contributed by atoms with Gasteiger partial charge >= 0.3 is 0 Å². The van der Waals surface area contributed by atoms with Crippen molar-refractivity contribution in [2.75, 3.05) is 26.2 Å². The standard InChI is InChI=1S/C20H25N3O3S/c1-15(2)17-6-8-19(9-7-17)27(25,26)23-12-10-22(11-13-23)20(24)18-5-4-16(3)21-14-18/h4-9,14-15H,10-13H2,1-3H3. The van der Waals surface area contributed by atoms with Crippen LogP contribution in [0.2, 0.25) is 0 Å². The second-order valence-corrected chi connectivity index (χ2v) is 9.05. The second-order valence-electron chi connectivity index (χ2n) is 7.11. The van der Waals surface area contributed by atoms with Crippen LogP contribution in [0.4, 0.5) is 0 Å². The van der Waals surface area contributed by atoms with Crippen molar-refractivity contribution in [3.63, 3.8) is 0 Å². The zero-order chi connectivity index (χ0) is 19.6. The van der Waals surface area contributed by atoms with Gasteiger partial charge in [-0.15, -0.1) is 0 Å². The summed E-state index contributed by atoms with van der Waals surface area (Å²) < 4.78 is 27.2. The second kappa shape index (κ2) is 7.78. The molecule has 1 amide bonds. The molecule has 0 atom stereocenters. The van der Waals surface area contributed by atoms with E-state index in [0.717, 1.165) is 11.3 Å². The Bertz CT molecular complexity index is 898. The molecule has 0 N–H and O–H groups in total. The van der Waals surface area contributed by atoms with E-state index in [1.807, 2.05) is 19.1 Å². The molecule has 27 heavy (non-hydrogen) atoms. The van der Waals surface area contributed by atoms with Gasteiger partial charge in [0.2, 0.25) is 10.0 Å². The highest BCUT2D eigenvalue weighted by molar-refractivity contribution is 7.89. The Balaban J connectivity index is 1.67. The molecule has 7 heteroatoms. The zero-order valence-corrected chi connectivity index (χ0v) is 16.7. The average molecular weight is 388 g/mol. The van der Waals surface area contributed by atoms with Gasteiger partial charge in [-0.2, -0.15) is 4.31 Å². The van der Waals surface area contributed by atoms with E-state index in [-0.39, 0.29) is 5.91 Å². The van der Waals surface area contributed by atoms with E-state index in [1.54, 1.807) is 35.4 Å². The SMILES string of the molecule is Cc1ccc(C(=O)N2CCN(S(=O)(=O)c3ccc(C(C)C)cc3)CC2)cn1. The van der Waals surface area contributed by atoms with Crippen LogP contribution in [0.15, 0.2) is 47.5 Å². The summed E-state index contributed by atoms with van der Waals surface area (Å²) in [4.78, 5) is 18.7. The van der Waals surface area contributed by atoms with E-state index in [9.17, 15) is 13.2 Å². The molecule has 0 aliphatic carbocycles. The largest absolute Gasteiger partial charge is 0.336 e. The highest BCUT2D eigenvalue weighted by Gasteiger charge is 2.30. The first kappa shape index (κ1) is 19.5. The van der Waals surface area contributed by atoms with Crippen molar-refractivity contribution in [3.8, 4) is 0 Å². The van der Waals surface area contributed by atoms with Gasteiger partial charge in [0.25, 0.3) is 5.91 Å². The van der Waals surface area contributed by atoms with E-state index < -0.39 is 10.0 Å². The minimum Gasteiger partial charge on any atom is -0.336 e. The molecule has 0 unspecified atom stereocenters. The summed E-state index contributed by atoms with van der Waals surface area (Å²) >= 11 is 0. The molecule has 6 nitrogen and oxygen atoms in total. The molecular formula is C20H25N3O3S. The van der Waals surface area contributed by atoms with Crippen molar-refractivity contribution in [2.45, 2.75) is 31.6 Å². The molecule has 0 saturated carbocycles. The molecule has 2 heterocycles. The highest BCUT2D eigenvalue weighted by atomic mass is 32.2. The van der Waals surface area contributed by atoms with Crippen LogP contribution in [-0.4, -0.2) is 54.7 Å². The fourth-order valence-electron chi connectivity index (χ4n) is 3.08. The maximum Gasteiger partial charge on any atom is 0.255 e. The van der Waals surface area contributed by atoms with Gasteiger partial charge in [0.1, 0.15) is 0 Å². The summed E-state index contributed by atoms with van der Waals surface area (Å²) in [5.41, 5.74) is 2.49.